The van der Waals surface area contributed by atoms with Gasteiger partial charge in [-0.05, 0) is 36.2 Å². The first-order valence-electron chi connectivity index (χ1n) is 10.6. The zero-order valence-corrected chi connectivity index (χ0v) is 18.6. The molecule has 1 amide bonds. The van der Waals surface area contributed by atoms with Gasteiger partial charge in [-0.2, -0.15) is 4.98 Å². The monoisotopic (exact) mass is 453 g/mol. The minimum absolute atomic E-state index is 0.0472. The van der Waals surface area contributed by atoms with Gasteiger partial charge in [0.1, 0.15) is 17.7 Å². The number of rotatable bonds is 6. The summed E-state index contributed by atoms with van der Waals surface area (Å²) in [7, 11) is 0. The zero-order valence-electron chi connectivity index (χ0n) is 17.8. The third kappa shape index (κ3) is 5.64. The van der Waals surface area contributed by atoms with E-state index in [1.807, 2.05) is 6.07 Å². The van der Waals surface area contributed by atoms with E-state index in [0.29, 0.717) is 17.6 Å². The molecule has 2 unspecified atom stereocenters. The maximum Gasteiger partial charge on any atom is 0.258 e. The zero-order chi connectivity index (χ0) is 22.5. The van der Waals surface area contributed by atoms with E-state index < -0.39 is 11.7 Å². The minimum atomic E-state index is -0.496. The number of piperidine rings is 1. The number of carbonyl (C=O) groups is 1. The summed E-state index contributed by atoms with van der Waals surface area (Å²) in [6.45, 7) is 5.01. The number of hydrogen-bond acceptors (Lipinski definition) is 4. The average molecular weight is 454 g/mol. The smallest absolute Gasteiger partial charge is 0.258 e. The molecule has 0 bridgehead atoms. The van der Waals surface area contributed by atoms with Gasteiger partial charge in [0.05, 0.1) is 10.6 Å². The summed E-state index contributed by atoms with van der Waals surface area (Å²) in [5.41, 5.74) is 1.49. The average Bonchev–Trinajstić information content (AvgIpc) is 2.76. The second-order valence-corrected chi connectivity index (χ2v) is 8.49. The van der Waals surface area contributed by atoms with Gasteiger partial charge in [0.15, 0.2) is 0 Å². The number of pyridine rings is 1. The standard InChI is InChI=1S/C25H25ClFN3O2/c1-17-15-30(16-18-6-3-2-4-7-18)13-12-22(17)32-24-9-5-8-23(28-24)29-25(31)20-11-10-19(27)14-21(20)26/h2-11,14,17,22H,12-13,15-16H2,1H3,(H,28,29,31). The van der Waals surface area contributed by atoms with E-state index in [9.17, 15) is 9.18 Å². The Morgan fingerprint density at radius 1 is 1.19 bits per heavy atom. The predicted molar refractivity (Wildman–Crippen MR) is 124 cm³/mol. The summed E-state index contributed by atoms with van der Waals surface area (Å²) in [6.07, 6.45) is 0.948. The van der Waals surface area contributed by atoms with Gasteiger partial charge in [0.25, 0.3) is 5.91 Å². The summed E-state index contributed by atoms with van der Waals surface area (Å²) in [5, 5.41) is 2.74. The quantitative estimate of drug-likeness (QED) is 0.541. The van der Waals surface area contributed by atoms with Gasteiger partial charge in [-0.1, -0.05) is 54.9 Å². The fourth-order valence-electron chi connectivity index (χ4n) is 3.93. The van der Waals surface area contributed by atoms with Gasteiger partial charge in [-0.25, -0.2) is 4.39 Å². The van der Waals surface area contributed by atoms with Crippen LogP contribution >= 0.6 is 11.6 Å². The van der Waals surface area contributed by atoms with Crippen LogP contribution in [0.25, 0.3) is 0 Å². The molecular weight excluding hydrogens is 429 g/mol. The molecular formula is C25H25ClFN3O2. The number of anilines is 1. The number of hydrogen-bond donors (Lipinski definition) is 1. The van der Waals surface area contributed by atoms with Crippen molar-refractivity contribution < 1.29 is 13.9 Å². The number of aromatic nitrogens is 1. The highest BCUT2D eigenvalue weighted by molar-refractivity contribution is 6.34. The van der Waals surface area contributed by atoms with Crippen LogP contribution in [0.1, 0.15) is 29.3 Å². The molecule has 2 atom stereocenters. The van der Waals surface area contributed by atoms with Crippen molar-refractivity contribution in [3.8, 4) is 5.88 Å². The number of carbonyl (C=O) groups excluding carboxylic acids is 1. The maximum atomic E-state index is 13.2. The number of ether oxygens (including phenoxy) is 1. The van der Waals surface area contributed by atoms with Crippen LogP contribution in [-0.4, -0.2) is 35.0 Å². The largest absolute Gasteiger partial charge is 0.474 e. The number of nitrogens with one attached hydrogen (secondary N) is 1. The Morgan fingerprint density at radius 3 is 2.75 bits per heavy atom. The van der Waals surface area contributed by atoms with Gasteiger partial charge >= 0.3 is 0 Å². The van der Waals surface area contributed by atoms with Crippen molar-refractivity contribution in [1.82, 2.24) is 9.88 Å². The topological polar surface area (TPSA) is 54.5 Å². The van der Waals surface area contributed by atoms with Crippen molar-refractivity contribution in [3.05, 3.63) is 88.7 Å². The molecule has 1 aliphatic heterocycles. The van der Waals surface area contributed by atoms with Crippen LogP contribution in [0.4, 0.5) is 10.2 Å². The molecule has 5 nitrogen and oxygen atoms in total. The SMILES string of the molecule is CC1CN(Cc2ccccc2)CCC1Oc1cccc(NC(=O)c2ccc(F)cc2Cl)n1. The molecule has 1 saturated heterocycles. The van der Waals surface area contributed by atoms with Gasteiger partial charge in [-0.3, -0.25) is 9.69 Å². The van der Waals surface area contributed by atoms with Gasteiger partial charge < -0.3 is 10.1 Å². The Bertz CT molecular complexity index is 1080. The number of amides is 1. The summed E-state index contributed by atoms with van der Waals surface area (Å²) in [5.74, 6) is 0.195. The van der Waals surface area contributed by atoms with Crippen LogP contribution < -0.4 is 10.1 Å². The van der Waals surface area contributed by atoms with Crippen molar-refractivity contribution in [2.75, 3.05) is 18.4 Å². The lowest BCUT2D eigenvalue weighted by Gasteiger charge is -2.36. The number of halogens is 2. The first-order valence-corrected chi connectivity index (χ1v) is 11.0. The predicted octanol–water partition coefficient (Wildman–Crippen LogP) is 5.42. The third-order valence-corrected chi connectivity index (χ3v) is 5.89. The number of nitrogens with zero attached hydrogens (tertiary/aromatic N) is 2. The number of likely N-dealkylation sites (tertiary alicyclic amines) is 1. The minimum Gasteiger partial charge on any atom is -0.474 e. The molecule has 3 aromatic rings. The molecule has 0 spiro atoms. The molecule has 166 valence electrons. The van der Waals surface area contributed by atoms with Crippen molar-refractivity contribution in [2.24, 2.45) is 5.92 Å². The molecule has 1 aliphatic rings. The summed E-state index contributed by atoms with van der Waals surface area (Å²) < 4.78 is 19.4. The van der Waals surface area contributed by atoms with Crippen LogP contribution in [0, 0.1) is 11.7 Å². The first-order chi connectivity index (χ1) is 15.5. The van der Waals surface area contributed by atoms with Crippen molar-refractivity contribution in [1.29, 1.82) is 0 Å². The Hall–Kier alpha value is -2.96. The highest BCUT2D eigenvalue weighted by Crippen LogP contribution is 2.24. The fraction of sp³-hybridized carbons (Fsp3) is 0.280. The van der Waals surface area contributed by atoms with E-state index in [1.54, 1.807) is 18.2 Å². The van der Waals surface area contributed by atoms with Gasteiger partial charge in [0.2, 0.25) is 5.88 Å². The Balaban J connectivity index is 1.35. The first kappa shape index (κ1) is 22.2. The molecule has 1 N–H and O–H groups in total. The molecule has 0 radical (unpaired) electrons. The normalized spacial score (nSPS) is 18.8. The summed E-state index contributed by atoms with van der Waals surface area (Å²) in [6, 6.07) is 19.3. The van der Waals surface area contributed by atoms with E-state index in [4.69, 9.17) is 16.3 Å². The molecule has 2 heterocycles. The maximum absolute atomic E-state index is 13.2. The lowest BCUT2D eigenvalue weighted by molar-refractivity contribution is 0.0462. The highest BCUT2D eigenvalue weighted by Gasteiger charge is 2.28. The fourth-order valence-corrected chi connectivity index (χ4v) is 4.19. The lowest BCUT2D eigenvalue weighted by Crippen LogP contribution is -2.44. The van der Waals surface area contributed by atoms with Crippen molar-refractivity contribution in [2.45, 2.75) is 26.0 Å². The van der Waals surface area contributed by atoms with E-state index in [1.165, 1.54) is 17.7 Å². The second-order valence-electron chi connectivity index (χ2n) is 8.08. The Kier molecular flexibility index (Phi) is 7.02. The van der Waals surface area contributed by atoms with Gasteiger partial charge in [-0.15, -0.1) is 0 Å². The van der Waals surface area contributed by atoms with E-state index in [0.717, 1.165) is 32.1 Å². The van der Waals surface area contributed by atoms with Crippen LogP contribution in [0.3, 0.4) is 0 Å². The van der Waals surface area contributed by atoms with Crippen molar-refractivity contribution in [3.63, 3.8) is 0 Å². The summed E-state index contributed by atoms with van der Waals surface area (Å²) in [4.78, 5) is 19.3. The molecule has 7 heteroatoms. The van der Waals surface area contributed by atoms with Crippen LogP contribution in [-0.2, 0) is 6.54 Å². The Labute approximate surface area is 192 Å². The van der Waals surface area contributed by atoms with Crippen LogP contribution in [0.15, 0.2) is 66.7 Å². The van der Waals surface area contributed by atoms with Crippen LogP contribution in [0.2, 0.25) is 5.02 Å². The number of benzene rings is 2. The molecule has 0 saturated carbocycles. The highest BCUT2D eigenvalue weighted by atomic mass is 35.5. The second kappa shape index (κ2) is 10.1. The molecule has 1 fully saturated rings. The molecule has 2 aromatic carbocycles. The van der Waals surface area contributed by atoms with Crippen molar-refractivity contribution >= 4 is 23.3 Å². The molecule has 4 rings (SSSR count). The van der Waals surface area contributed by atoms with Crippen LogP contribution in [0.5, 0.6) is 5.88 Å². The molecule has 32 heavy (non-hydrogen) atoms. The lowest BCUT2D eigenvalue weighted by atomic mass is 9.96. The van der Waals surface area contributed by atoms with Gasteiger partial charge in [0, 0.05) is 31.6 Å². The molecule has 0 aliphatic carbocycles. The van der Waals surface area contributed by atoms with E-state index in [2.05, 4.69) is 46.4 Å². The summed E-state index contributed by atoms with van der Waals surface area (Å²) >= 11 is 5.98. The Morgan fingerprint density at radius 2 is 2.00 bits per heavy atom. The third-order valence-electron chi connectivity index (χ3n) is 5.57. The van der Waals surface area contributed by atoms with E-state index in [-0.39, 0.29) is 16.7 Å². The molecule has 1 aromatic heterocycles. The van der Waals surface area contributed by atoms with E-state index >= 15 is 0 Å².